The van der Waals surface area contributed by atoms with E-state index in [1.54, 1.807) is 0 Å². The first-order valence-electron chi connectivity index (χ1n) is 7.91. The van der Waals surface area contributed by atoms with Crippen molar-refractivity contribution in [2.24, 2.45) is 0 Å². The molecule has 2 heteroatoms. The van der Waals surface area contributed by atoms with Gasteiger partial charge in [0.2, 0.25) is 0 Å². The van der Waals surface area contributed by atoms with E-state index < -0.39 is 0 Å². The lowest BCUT2D eigenvalue weighted by atomic mass is 9.86. The molecule has 1 aliphatic rings. The number of nitrogens with one attached hydrogen (secondary N) is 2. The van der Waals surface area contributed by atoms with Crippen LogP contribution in [-0.4, -0.2) is 19.1 Å². The lowest BCUT2D eigenvalue weighted by molar-refractivity contribution is 0.319. The van der Waals surface area contributed by atoms with Crippen molar-refractivity contribution in [2.45, 2.75) is 31.3 Å². The molecule has 110 valence electrons. The Morgan fingerprint density at radius 3 is 2.38 bits per heavy atom. The molecule has 0 radical (unpaired) electrons. The largest absolute Gasteiger partial charge is 0.316 e. The smallest absolute Gasteiger partial charge is 0.0294 e. The highest BCUT2D eigenvalue weighted by molar-refractivity contribution is 5.24. The van der Waals surface area contributed by atoms with E-state index in [1.165, 1.54) is 17.5 Å². The van der Waals surface area contributed by atoms with Crippen LogP contribution in [0.2, 0.25) is 0 Å². The van der Waals surface area contributed by atoms with Crippen LogP contribution in [0.5, 0.6) is 0 Å². The summed E-state index contributed by atoms with van der Waals surface area (Å²) < 4.78 is 0. The van der Waals surface area contributed by atoms with Crippen molar-refractivity contribution < 1.29 is 0 Å². The highest BCUT2D eigenvalue weighted by Gasteiger charge is 2.27. The summed E-state index contributed by atoms with van der Waals surface area (Å²) in [6.45, 7) is 4.42. The first kappa shape index (κ1) is 14.3. The highest BCUT2D eigenvalue weighted by atomic mass is 15.0. The molecule has 3 unspecified atom stereocenters. The Morgan fingerprint density at radius 2 is 1.67 bits per heavy atom. The summed E-state index contributed by atoms with van der Waals surface area (Å²) in [5, 5.41) is 7.38. The molecule has 0 aromatic heterocycles. The molecule has 0 saturated carbocycles. The minimum absolute atomic E-state index is 0.389. The second-order valence-electron chi connectivity index (χ2n) is 5.92. The first-order chi connectivity index (χ1) is 10.3. The monoisotopic (exact) mass is 280 g/mol. The van der Waals surface area contributed by atoms with Gasteiger partial charge in [0, 0.05) is 24.5 Å². The SMILES string of the molecule is CC(NC1CCNCC1c1ccccc1)c1ccccc1. The summed E-state index contributed by atoms with van der Waals surface area (Å²) in [5.74, 6) is 0.547. The van der Waals surface area contributed by atoms with E-state index in [0.717, 1.165) is 13.1 Å². The first-order valence-corrected chi connectivity index (χ1v) is 7.91. The van der Waals surface area contributed by atoms with E-state index in [1.807, 2.05) is 0 Å². The fourth-order valence-electron chi connectivity index (χ4n) is 3.27. The summed E-state index contributed by atoms with van der Waals surface area (Å²) in [6, 6.07) is 22.5. The van der Waals surface area contributed by atoms with Crippen LogP contribution in [0, 0.1) is 0 Å². The molecule has 3 atom stereocenters. The third-order valence-corrected chi connectivity index (χ3v) is 4.47. The molecule has 0 aliphatic carbocycles. The molecule has 1 saturated heterocycles. The van der Waals surface area contributed by atoms with E-state index >= 15 is 0 Å². The van der Waals surface area contributed by atoms with Gasteiger partial charge in [-0.05, 0) is 31.0 Å². The molecular weight excluding hydrogens is 256 g/mol. The lowest BCUT2D eigenvalue weighted by Crippen LogP contribution is -2.46. The van der Waals surface area contributed by atoms with E-state index in [-0.39, 0.29) is 0 Å². The Kier molecular flexibility index (Phi) is 4.69. The van der Waals surface area contributed by atoms with E-state index in [4.69, 9.17) is 0 Å². The molecule has 21 heavy (non-hydrogen) atoms. The van der Waals surface area contributed by atoms with Gasteiger partial charge >= 0.3 is 0 Å². The molecule has 0 amide bonds. The zero-order valence-electron chi connectivity index (χ0n) is 12.6. The van der Waals surface area contributed by atoms with Crippen LogP contribution in [0.4, 0.5) is 0 Å². The molecular formula is C19H24N2. The number of rotatable bonds is 4. The highest BCUT2D eigenvalue weighted by Crippen LogP contribution is 2.26. The summed E-state index contributed by atoms with van der Waals surface area (Å²) in [5.41, 5.74) is 2.80. The summed E-state index contributed by atoms with van der Waals surface area (Å²) in [6.07, 6.45) is 1.18. The average molecular weight is 280 g/mol. The summed E-state index contributed by atoms with van der Waals surface area (Å²) in [4.78, 5) is 0. The number of hydrogen-bond donors (Lipinski definition) is 2. The Bertz CT molecular complexity index is 538. The summed E-state index contributed by atoms with van der Waals surface area (Å²) >= 11 is 0. The Balaban J connectivity index is 1.73. The van der Waals surface area contributed by atoms with Crippen LogP contribution in [0.25, 0.3) is 0 Å². The zero-order valence-corrected chi connectivity index (χ0v) is 12.6. The van der Waals surface area contributed by atoms with Crippen molar-refractivity contribution in [1.82, 2.24) is 10.6 Å². The van der Waals surface area contributed by atoms with Gasteiger partial charge < -0.3 is 10.6 Å². The second-order valence-corrected chi connectivity index (χ2v) is 5.92. The standard InChI is InChI=1S/C19H24N2/c1-15(16-8-4-2-5-9-16)21-19-12-13-20-14-18(19)17-10-6-3-7-11-17/h2-11,15,18-21H,12-14H2,1H3. The average Bonchev–Trinajstić information content (AvgIpc) is 2.57. The molecule has 0 bridgehead atoms. The van der Waals surface area contributed by atoms with Crippen molar-refractivity contribution >= 4 is 0 Å². The van der Waals surface area contributed by atoms with Crippen LogP contribution < -0.4 is 10.6 Å². The third-order valence-electron chi connectivity index (χ3n) is 4.47. The molecule has 2 nitrogen and oxygen atoms in total. The van der Waals surface area contributed by atoms with E-state index in [0.29, 0.717) is 18.0 Å². The number of benzene rings is 2. The van der Waals surface area contributed by atoms with Crippen molar-refractivity contribution in [3.05, 3.63) is 71.8 Å². The fraction of sp³-hybridized carbons (Fsp3) is 0.368. The van der Waals surface area contributed by atoms with Gasteiger partial charge in [-0.2, -0.15) is 0 Å². The van der Waals surface area contributed by atoms with E-state index in [2.05, 4.69) is 78.2 Å². The molecule has 1 aliphatic heterocycles. The molecule has 2 aromatic rings. The van der Waals surface area contributed by atoms with Crippen molar-refractivity contribution in [2.75, 3.05) is 13.1 Å². The maximum absolute atomic E-state index is 3.84. The molecule has 2 aromatic carbocycles. The molecule has 2 N–H and O–H groups in total. The molecule has 0 spiro atoms. The Morgan fingerprint density at radius 1 is 1.00 bits per heavy atom. The van der Waals surface area contributed by atoms with Gasteiger partial charge in [-0.3, -0.25) is 0 Å². The minimum atomic E-state index is 0.389. The Labute approximate surface area is 127 Å². The van der Waals surface area contributed by atoms with Crippen LogP contribution in [0.3, 0.4) is 0 Å². The van der Waals surface area contributed by atoms with Gasteiger partial charge in [0.25, 0.3) is 0 Å². The van der Waals surface area contributed by atoms with Crippen LogP contribution in [0.1, 0.15) is 36.4 Å². The normalized spacial score (nSPS) is 23.7. The lowest BCUT2D eigenvalue weighted by Gasteiger charge is -2.35. The van der Waals surface area contributed by atoms with Crippen molar-refractivity contribution in [3.63, 3.8) is 0 Å². The quantitative estimate of drug-likeness (QED) is 0.896. The summed E-state index contributed by atoms with van der Waals surface area (Å²) in [7, 11) is 0. The van der Waals surface area contributed by atoms with Crippen molar-refractivity contribution in [1.29, 1.82) is 0 Å². The van der Waals surface area contributed by atoms with Crippen LogP contribution in [-0.2, 0) is 0 Å². The zero-order chi connectivity index (χ0) is 14.5. The fourth-order valence-corrected chi connectivity index (χ4v) is 3.27. The van der Waals surface area contributed by atoms with Crippen LogP contribution in [0.15, 0.2) is 60.7 Å². The predicted octanol–water partition coefficient (Wildman–Crippen LogP) is 3.48. The van der Waals surface area contributed by atoms with Gasteiger partial charge in [0.15, 0.2) is 0 Å². The number of piperidine rings is 1. The third kappa shape index (κ3) is 3.52. The van der Waals surface area contributed by atoms with Gasteiger partial charge in [0.1, 0.15) is 0 Å². The van der Waals surface area contributed by atoms with Gasteiger partial charge in [-0.1, -0.05) is 60.7 Å². The maximum atomic E-state index is 3.84. The maximum Gasteiger partial charge on any atom is 0.0294 e. The second kappa shape index (κ2) is 6.88. The minimum Gasteiger partial charge on any atom is -0.316 e. The predicted molar refractivity (Wildman–Crippen MR) is 88.5 cm³/mol. The van der Waals surface area contributed by atoms with E-state index in [9.17, 15) is 0 Å². The topological polar surface area (TPSA) is 24.1 Å². The van der Waals surface area contributed by atoms with Gasteiger partial charge in [-0.15, -0.1) is 0 Å². The van der Waals surface area contributed by atoms with Gasteiger partial charge in [0.05, 0.1) is 0 Å². The Hall–Kier alpha value is -1.64. The van der Waals surface area contributed by atoms with Gasteiger partial charge in [-0.25, -0.2) is 0 Å². The van der Waals surface area contributed by atoms with Crippen molar-refractivity contribution in [3.8, 4) is 0 Å². The molecule has 1 fully saturated rings. The number of hydrogen-bond acceptors (Lipinski definition) is 2. The molecule has 1 heterocycles. The molecule has 3 rings (SSSR count). The van der Waals surface area contributed by atoms with Crippen LogP contribution >= 0.6 is 0 Å².